The van der Waals surface area contributed by atoms with E-state index in [9.17, 15) is 4.79 Å². The number of halogens is 2. The Morgan fingerprint density at radius 3 is 2.52 bits per heavy atom. The third-order valence-electron chi connectivity index (χ3n) is 5.25. The van der Waals surface area contributed by atoms with Gasteiger partial charge in [0.25, 0.3) is 0 Å². The number of carbonyl (C=O) groups excluding carboxylic acids is 1. The summed E-state index contributed by atoms with van der Waals surface area (Å²) in [6, 6.07) is 6.50. The summed E-state index contributed by atoms with van der Waals surface area (Å²) in [6.45, 7) is 3.96. The number of unbranched alkanes of at least 4 members (excludes halogenated alkanes) is 3. The summed E-state index contributed by atoms with van der Waals surface area (Å²) in [5, 5.41) is 0. The van der Waals surface area contributed by atoms with Gasteiger partial charge in [0.15, 0.2) is 0 Å². The zero-order valence-corrected chi connectivity index (χ0v) is 18.1. The number of hydrogen-bond acceptors (Lipinski definition) is 4. The number of amides is 1. The molecule has 27 heavy (non-hydrogen) atoms. The van der Waals surface area contributed by atoms with Crippen molar-refractivity contribution in [3.63, 3.8) is 0 Å². The summed E-state index contributed by atoms with van der Waals surface area (Å²) in [5.74, 6) is 0.305. The van der Waals surface area contributed by atoms with Gasteiger partial charge in [-0.1, -0.05) is 18.9 Å². The lowest BCUT2D eigenvalue weighted by atomic mass is 10.0. The van der Waals surface area contributed by atoms with Gasteiger partial charge in [-0.25, -0.2) is 0 Å². The van der Waals surface area contributed by atoms with Gasteiger partial charge in [-0.3, -0.25) is 9.78 Å². The molecule has 1 fully saturated rings. The first-order valence-electron chi connectivity index (χ1n) is 9.78. The quantitative estimate of drug-likeness (QED) is 0.591. The monoisotopic (exact) mass is 418 g/mol. The van der Waals surface area contributed by atoms with Crippen LogP contribution in [0.4, 0.5) is 0 Å². The number of nitrogens with zero attached hydrogens (tertiary/aromatic N) is 3. The van der Waals surface area contributed by atoms with Crippen molar-refractivity contribution in [3.05, 3.63) is 30.1 Å². The van der Waals surface area contributed by atoms with Crippen LogP contribution >= 0.6 is 24.8 Å². The van der Waals surface area contributed by atoms with Crippen molar-refractivity contribution in [2.75, 3.05) is 33.2 Å². The van der Waals surface area contributed by atoms with Gasteiger partial charge in [-0.05, 0) is 44.4 Å². The van der Waals surface area contributed by atoms with Gasteiger partial charge in [-0.2, -0.15) is 0 Å². The molecule has 0 aliphatic carbocycles. The summed E-state index contributed by atoms with van der Waals surface area (Å²) in [7, 11) is 1.98. The summed E-state index contributed by atoms with van der Waals surface area (Å²) in [4.78, 5) is 21.2. The van der Waals surface area contributed by atoms with Gasteiger partial charge < -0.3 is 15.5 Å². The summed E-state index contributed by atoms with van der Waals surface area (Å²) >= 11 is 0. The summed E-state index contributed by atoms with van der Waals surface area (Å²) in [6.07, 6.45) is 10.0. The van der Waals surface area contributed by atoms with Crippen molar-refractivity contribution < 1.29 is 4.79 Å². The maximum Gasteiger partial charge on any atom is 0.222 e. The zero-order chi connectivity index (χ0) is 17.9. The molecule has 1 amide bonds. The number of rotatable bonds is 10. The first-order chi connectivity index (χ1) is 12.2. The molecule has 7 heteroatoms. The number of nitrogens with two attached hydrogens (primary N) is 1. The van der Waals surface area contributed by atoms with E-state index in [0.717, 1.165) is 76.8 Å². The molecule has 0 radical (unpaired) electrons. The highest BCUT2D eigenvalue weighted by Gasteiger charge is 2.24. The standard InChI is InChI=1S/C20H34N4O.2ClH/c1-23(20(25)9-4-2-3-6-13-21)19-11-16-24(17-12-19)15-10-18-8-5-7-14-22-18;;/h5,7-8,14,19H,2-4,6,9-13,15-17,21H2,1H3;2*1H. The van der Waals surface area contributed by atoms with Crippen LogP contribution in [0.5, 0.6) is 0 Å². The van der Waals surface area contributed by atoms with E-state index in [4.69, 9.17) is 5.73 Å². The van der Waals surface area contributed by atoms with E-state index in [-0.39, 0.29) is 24.8 Å². The van der Waals surface area contributed by atoms with E-state index in [0.29, 0.717) is 18.4 Å². The number of hydrogen-bond donors (Lipinski definition) is 1. The molecule has 1 aromatic rings. The van der Waals surface area contributed by atoms with Crippen molar-refractivity contribution in [3.8, 4) is 0 Å². The van der Waals surface area contributed by atoms with Crippen LogP contribution in [0.3, 0.4) is 0 Å². The minimum Gasteiger partial charge on any atom is -0.343 e. The molecular formula is C20H36Cl2N4O. The summed E-state index contributed by atoms with van der Waals surface area (Å²) < 4.78 is 0. The number of piperidine rings is 1. The second-order valence-corrected chi connectivity index (χ2v) is 7.10. The van der Waals surface area contributed by atoms with Crippen molar-refractivity contribution >= 4 is 30.7 Å². The molecule has 156 valence electrons. The highest BCUT2D eigenvalue weighted by atomic mass is 35.5. The molecule has 0 atom stereocenters. The van der Waals surface area contributed by atoms with Gasteiger partial charge in [0.2, 0.25) is 5.91 Å². The van der Waals surface area contributed by atoms with Crippen molar-refractivity contribution in [2.45, 2.75) is 57.4 Å². The fourth-order valence-corrected chi connectivity index (χ4v) is 3.50. The van der Waals surface area contributed by atoms with Gasteiger partial charge in [0, 0.05) is 57.5 Å². The SMILES string of the molecule is CN(C(=O)CCCCCCN)C1CCN(CCc2ccccn2)CC1.Cl.Cl. The molecular weight excluding hydrogens is 383 g/mol. The lowest BCUT2D eigenvalue weighted by molar-refractivity contribution is -0.133. The fraction of sp³-hybridized carbons (Fsp3) is 0.700. The minimum atomic E-state index is 0. The first kappa shape index (κ1) is 26.1. The lowest BCUT2D eigenvalue weighted by Gasteiger charge is -2.36. The smallest absolute Gasteiger partial charge is 0.222 e. The predicted molar refractivity (Wildman–Crippen MR) is 117 cm³/mol. The molecule has 5 nitrogen and oxygen atoms in total. The Kier molecular flexibility index (Phi) is 14.6. The van der Waals surface area contributed by atoms with Crippen molar-refractivity contribution in [1.29, 1.82) is 0 Å². The number of aromatic nitrogens is 1. The highest BCUT2D eigenvalue weighted by Crippen LogP contribution is 2.17. The van der Waals surface area contributed by atoms with E-state index in [2.05, 4.69) is 16.0 Å². The molecule has 2 heterocycles. The first-order valence-corrected chi connectivity index (χ1v) is 9.78. The molecule has 0 aromatic carbocycles. The van der Waals surface area contributed by atoms with Crippen LogP contribution in [0.1, 0.15) is 50.6 Å². The third-order valence-corrected chi connectivity index (χ3v) is 5.25. The Morgan fingerprint density at radius 1 is 1.19 bits per heavy atom. The second kappa shape index (κ2) is 15.1. The van der Waals surface area contributed by atoms with Crippen LogP contribution in [0.15, 0.2) is 24.4 Å². The lowest BCUT2D eigenvalue weighted by Crippen LogP contribution is -2.46. The fourth-order valence-electron chi connectivity index (χ4n) is 3.50. The van der Waals surface area contributed by atoms with Crippen LogP contribution in [0.25, 0.3) is 0 Å². The second-order valence-electron chi connectivity index (χ2n) is 7.10. The van der Waals surface area contributed by atoms with Crippen molar-refractivity contribution in [1.82, 2.24) is 14.8 Å². The summed E-state index contributed by atoms with van der Waals surface area (Å²) in [5.41, 5.74) is 6.66. The number of likely N-dealkylation sites (tertiary alicyclic amines) is 1. The van der Waals surface area contributed by atoms with E-state index in [1.165, 1.54) is 0 Å². The Bertz CT molecular complexity index is 496. The Hall–Kier alpha value is -0.880. The van der Waals surface area contributed by atoms with Crippen LogP contribution in [0.2, 0.25) is 0 Å². The molecule has 0 unspecified atom stereocenters. The van der Waals surface area contributed by atoms with E-state index in [1.54, 1.807) is 0 Å². The highest BCUT2D eigenvalue weighted by molar-refractivity contribution is 5.85. The zero-order valence-electron chi connectivity index (χ0n) is 16.5. The molecule has 0 bridgehead atoms. The molecule has 1 aliphatic heterocycles. The maximum absolute atomic E-state index is 12.3. The predicted octanol–water partition coefficient (Wildman–Crippen LogP) is 3.30. The molecule has 0 spiro atoms. The number of pyridine rings is 1. The third kappa shape index (κ3) is 9.74. The van der Waals surface area contributed by atoms with Crippen LogP contribution < -0.4 is 5.73 Å². The van der Waals surface area contributed by atoms with Crippen LogP contribution in [0, 0.1) is 0 Å². The average Bonchev–Trinajstić information content (AvgIpc) is 2.66. The molecule has 2 N–H and O–H groups in total. The van der Waals surface area contributed by atoms with Crippen molar-refractivity contribution in [2.24, 2.45) is 5.73 Å². The minimum absolute atomic E-state index is 0. The Balaban J connectivity index is 0.00000338. The van der Waals surface area contributed by atoms with Crippen LogP contribution in [-0.4, -0.2) is 60.0 Å². The molecule has 2 rings (SSSR count). The van der Waals surface area contributed by atoms with E-state index < -0.39 is 0 Å². The number of carbonyl (C=O) groups is 1. The van der Waals surface area contributed by atoms with E-state index in [1.807, 2.05) is 30.3 Å². The Labute approximate surface area is 176 Å². The van der Waals surface area contributed by atoms with Crippen LogP contribution in [-0.2, 0) is 11.2 Å². The Morgan fingerprint density at radius 2 is 1.89 bits per heavy atom. The molecule has 1 aromatic heterocycles. The average molecular weight is 419 g/mol. The molecule has 1 saturated heterocycles. The molecule has 0 saturated carbocycles. The maximum atomic E-state index is 12.3. The van der Waals surface area contributed by atoms with Gasteiger partial charge >= 0.3 is 0 Å². The topological polar surface area (TPSA) is 62.5 Å². The molecule has 1 aliphatic rings. The van der Waals surface area contributed by atoms with Gasteiger partial charge in [0.1, 0.15) is 0 Å². The largest absolute Gasteiger partial charge is 0.343 e. The normalized spacial score (nSPS) is 14.9. The van der Waals surface area contributed by atoms with Gasteiger partial charge in [0.05, 0.1) is 0 Å². The van der Waals surface area contributed by atoms with Gasteiger partial charge in [-0.15, -0.1) is 24.8 Å². The van der Waals surface area contributed by atoms with E-state index >= 15 is 0 Å².